The van der Waals surface area contributed by atoms with Gasteiger partial charge in [-0.25, -0.2) is 26.7 Å². The molecule has 0 saturated carbocycles. The van der Waals surface area contributed by atoms with E-state index >= 15 is 0 Å². The minimum Gasteiger partial charge on any atom is -0.448 e. The second-order valence-corrected chi connectivity index (χ2v) is 5.75. The number of esters is 1. The van der Waals surface area contributed by atoms with Gasteiger partial charge in [-0.15, -0.1) is 0 Å². The van der Waals surface area contributed by atoms with Crippen LogP contribution >= 0.6 is 0 Å². The molecule has 0 amide bonds. The van der Waals surface area contributed by atoms with E-state index in [1.165, 1.54) is 0 Å². The highest BCUT2D eigenvalue weighted by Gasteiger charge is 2.54. The average Bonchev–Trinajstić information content (AvgIpc) is 2.53. The summed E-state index contributed by atoms with van der Waals surface area (Å²) >= 11 is 0. The lowest BCUT2D eigenvalue weighted by molar-refractivity contribution is -0.0719. The molecule has 1 unspecified atom stereocenters. The molecule has 0 heterocycles. The van der Waals surface area contributed by atoms with Crippen LogP contribution in [0.1, 0.15) is 10.4 Å². The van der Waals surface area contributed by atoms with Gasteiger partial charge in [0, 0.05) is 4.91 Å². The Morgan fingerprint density at radius 3 is 2.00 bits per heavy atom. The van der Waals surface area contributed by atoms with E-state index in [1.54, 1.807) is 0 Å². The Kier molecular flexibility index (Phi) is 6.06. The number of azide groups is 1. The van der Waals surface area contributed by atoms with Gasteiger partial charge in [0.25, 0.3) is 0 Å². The number of alkyl halides is 3. The molecule has 1 rings (SSSR count). The summed E-state index contributed by atoms with van der Waals surface area (Å²) in [4.78, 5) is 13.3. The fraction of sp³-hybridized carbons (Fsp3) is 0.300. The average molecular weight is 411 g/mol. The lowest BCUT2D eigenvalue weighted by atomic mass is 10.1. The molecule has 1 aromatic carbocycles. The van der Waals surface area contributed by atoms with Gasteiger partial charge in [0.15, 0.2) is 23.3 Å². The second-order valence-electron chi connectivity index (χ2n) is 4.25. The zero-order valence-electron chi connectivity index (χ0n) is 11.8. The molecule has 0 radical (unpaired) electrons. The standard InChI is InChI=1S/C10H4F7N3O5S/c11-1-2(10(16,17)26(22,23)24)25-9(21)3-4(12)6(14)8(19-20-18)7(15)5(3)13/h2H,1H2,(H,22,23,24). The Morgan fingerprint density at radius 1 is 1.19 bits per heavy atom. The number of hydrogen-bond donors (Lipinski definition) is 1. The number of carbonyl (C=O) groups is 1. The van der Waals surface area contributed by atoms with Gasteiger partial charge in [-0.2, -0.15) is 17.2 Å². The summed E-state index contributed by atoms with van der Waals surface area (Å²) in [5, 5.41) is -3.17. The highest BCUT2D eigenvalue weighted by molar-refractivity contribution is 7.86. The van der Waals surface area contributed by atoms with Crippen LogP contribution in [-0.4, -0.2) is 37.0 Å². The minimum atomic E-state index is -6.33. The Balaban J connectivity index is 3.45. The molecule has 144 valence electrons. The first kappa shape index (κ1) is 21.5. The van der Waals surface area contributed by atoms with E-state index in [-0.39, 0.29) is 0 Å². The van der Waals surface area contributed by atoms with E-state index in [0.717, 1.165) is 0 Å². The van der Waals surface area contributed by atoms with Gasteiger partial charge in [-0.05, 0) is 5.53 Å². The fourth-order valence-electron chi connectivity index (χ4n) is 1.48. The van der Waals surface area contributed by atoms with Gasteiger partial charge in [-0.3, -0.25) is 4.55 Å². The van der Waals surface area contributed by atoms with Crippen molar-refractivity contribution in [3.05, 3.63) is 39.3 Å². The third-order valence-electron chi connectivity index (χ3n) is 2.70. The Morgan fingerprint density at radius 2 is 1.65 bits per heavy atom. The van der Waals surface area contributed by atoms with Crippen LogP contribution < -0.4 is 0 Å². The molecule has 26 heavy (non-hydrogen) atoms. The van der Waals surface area contributed by atoms with Gasteiger partial charge >= 0.3 is 21.3 Å². The van der Waals surface area contributed by atoms with E-state index < -0.39 is 68.6 Å². The van der Waals surface area contributed by atoms with Gasteiger partial charge in [0.05, 0.1) is 0 Å². The van der Waals surface area contributed by atoms with Crippen molar-refractivity contribution in [1.82, 2.24) is 0 Å². The number of hydrogen-bond acceptors (Lipinski definition) is 5. The molecule has 1 N–H and O–H groups in total. The monoisotopic (exact) mass is 411 g/mol. The van der Waals surface area contributed by atoms with Crippen LogP contribution in [0.4, 0.5) is 36.4 Å². The first-order valence-electron chi connectivity index (χ1n) is 5.84. The van der Waals surface area contributed by atoms with Gasteiger partial charge in [0.1, 0.15) is 17.9 Å². The van der Waals surface area contributed by atoms with E-state index in [9.17, 15) is 43.9 Å². The van der Waals surface area contributed by atoms with E-state index in [1.807, 2.05) is 4.91 Å². The number of halogens is 7. The van der Waals surface area contributed by atoms with Crippen molar-refractivity contribution in [2.75, 3.05) is 6.67 Å². The van der Waals surface area contributed by atoms with Crippen LogP contribution in [0.3, 0.4) is 0 Å². The lowest BCUT2D eigenvalue weighted by Gasteiger charge is -2.22. The third kappa shape index (κ3) is 3.66. The van der Waals surface area contributed by atoms with E-state index in [0.29, 0.717) is 0 Å². The largest absolute Gasteiger partial charge is 0.448 e. The van der Waals surface area contributed by atoms with Crippen molar-refractivity contribution in [3.8, 4) is 0 Å². The molecule has 0 bridgehead atoms. The number of nitrogens with zero attached hydrogens (tertiary/aromatic N) is 3. The maximum atomic E-state index is 13.6. The van der Waals surface area contributed by atoms with Crippen molar-refractivity contribution in [1.29, 1.82) is 0 Å². The van der Waals surface area contributed by atoms with Crippen LogP contribution in [0.5, 0.6) is 0 Å². The van der Waals surface area contributed by atoms with Crippen LogP contribution in [0.25, 0.3) is 10.4 Å². The Hall–Kier alpha value is -2.58. The van der Waals surface area contributed by atoms with Crippen molar-refractivity contribution >= 4 is 21.8 Å². The summed E-state index contributed by atoms with van der Waals surface area (Å²) in [6.45, 7) is -2.47. The molecule has 1 atom stereocenters. The predicted octanol–water partition coefficient (Wildman–Crippen LogP) is 3.16. The van der Waals surface area contributed by atoms with E-state index in [4.69, 9.17) is 10.1 Å². The molecule has 16 heteroatoms. The normalized spacial score (nSPS) is 13.1. The fourth-order valence-corrected chi connectivity index (χ4v) is 1.92. The summed E-state index contributed by atoms with van der Waals surface area (Å²) in [5.41, 5.74) is 3.91. The molecule has 0 spiro atoms. The molecule has 1 aromatic rings. The summed E-state index contributed by atoms with van der Waals surface area (Å²) in [7, 11) is -6.33. The highest BCUT2D eigenvalue weighted by atomic mass is 32.2. The number of rotatable bonds is 6. The van der Waals surface area contributed by atoms with Crippen LogP contribution in [0.2, 0.25) is 0 Å². The Bertz CT molecular complexity index is 872. The second kappa shape index (κ2) is 7.35. The molecule has 0 fully saturated rings. The highest BCUT2D eigenvalue weighted by Crippen LogP contribution is 2.33. The van der Waals surface area contributed by atoms with Crippen molar-refractivity contribution in [3.63, 3.8) is 0 Å². The van der Waals surface area contributed by atoms with Crippen LogP contribution in [0.15, 0.2) is 5.11 Å². The predicted molar refractivity (Wildman–Crippen MR) is 66.8 cm³/mol. The number of carbonyl (C=O) groups excluding carboxylic acids is 1. The van der Waals surface area contributed by atoms with Crippen molar-refractivity contribution in [2.24, 2.45) is 5.11 Å². The summed E-state index contributed by atoms with van der Waals surface area (Å²) < 4.78 is 126. The molecule has 0 aliphatic carbocycles. The summed E-state index contributed by atoms with van der Waals surface area (Å²) in [6, 6.07) is 0. The number of ether oxygens (including phenoxy) is 1. The first-order valence-corrected chi connectivity index (χ1v) is 7.28. The molecular formula is C10H4F7N3O5S. The topological polar surface area (TPSA) is 129 Å². The Labute approximate surface area is 138 Å². The molecule has 0 aliphatic heterocycles. The maximum absolute atomic E-state index is 13.6. The zero-order chi connectivity index (χ0) is 20.4. The molecule has 8 nitrogen and oxygen atoms in total. The number of benzene rings is 1. The summed E-state index contributed by atoms with van der Waals surface area (Å²) in [6.07, 6.45) is -3.60. The van der Waals surface area contributed by atoms with Gasteiger partial charge < -0.3 is 4.74 Å². The third-order valence-corrected chi connectivity index (χ3v) is 3.65. The van der Waals surface area contributed by atoms with Crippen LogP contribution in [0, 0.1) is 23.3 Å². The quantitative estimate of drug-likeness (QED) is 0.146. The molecule has 0 aromatic heterocycles. The molecule has 0 saturated heterocycles. The molecular weight excluding hydrogens is 407 g/mol. The van der Waals surface area contributed by atoms with Crippen molar-refractivity contribution in [2.45, 2.75) is 11.4 Å². The smallest absolute Gasteiger partial charge is 0.408 e. The minimum absolute atomic E-state index is 1.84. The molecule has 0 aliphatic rings. The van der Waals surface area contributed by atoms with Crippen molar-refractivity contribution < 1.29 is 53.2 Å². The SMILES string of the molecule is [N-]=[N+]=Nc1c(F)c(F)c(C(=O)OC(CF)C(F)(F)S(=O)(=O)O)c(F)c1F. The maximum Gasteiger partial charge on any atom is 0.408 e. The van der Waals surface area contributed by atoms with Gasteiger partial charge in [-0.1, -0.05) is 5.11 Å². The van der Waals surface area contributed by atoms with E-state index in [2.05, 4.69) is 9.85 Å². The first-order chi connectivity index (χ1) is 11.8. The van der Waals surface area contributed by atoms with Gasteiger partial charge in [0.2, 0.25) is 6.10 Å². The van der Waals surface area contributed by atoms with Crippen LogP contribution in [-0.2, 0) is 14.9 Å². The summed E-state index contributed by atoms with van der Waals surface area (Å²) in [5.74, 6) is -12.6. The lowest BCUT2D eigenvalue weighted by Crippen LogP contribution is -2.45. The zero-order valence-corrected chi connectivity index (χ0v) is 12.6.